The molecule has 2 heterocycles. The molecule has 2 aromatic carbocycles. The Bertz CT molecular complexity index is 1050. The second-order valence-corrected chi connectivity index (χ2v) is 7.94. The van der Waals surface area contributed by atoms with Gasteiger partial charge in [0.05, 0.1) is 11.1 Å². The normalized spacial score (nSPS) is 15.0. The molecular weight excluding hydrogens is 362 g/mol. The van der Waals surface area contributed by atoms with E-state index in [1.165, 1.54) is 10.2 Å². The Morgan fingerprint density at radius 2 is 1.66 bits per heavy atom. The Balaban J connectivity index is 1.35. The predicted octanol–water partition coefficient (Wildman–Crippen LogP) is 3.58. The summed E-state index contributed by atoms with van der Waals surface area (Å²) < 4.78 is 1.32. The van der Waals surface area contributed by atoms with Gasteiger partial charge >= 0.3 is 0 Å². The summed E-state index contributed by atoms with van der Waals surface area (Å²) in [5.41, 5.74) is 1.95. The molecule has 0 aliphatic carbocycles. The van der Waals surface area contributed by atoms with Crippen molar-refractivity contribution < 1.29 is 4.79 Å². The van der Waals surface area contributed by atoms with Crippen LogP contribution in [-0.2, 0) is 17.8 Å². The highest BCUT2D eigenvalue weighted by Crippen LogP contribution is 2.22. The molecule has 1 aliphatic heterocycles. The highest BCUT2D eigenvalue weighted by Gasteiger charge is 2.23. The first kappa shape index (κ1) is 19.4. The van der Waals surface area contributed by atoms with Gasteiger partial charge in [-0.2, -0.15) is 5.10 Å². The molecule has 1 saturated heterocycles. The van der Waals surface area contributed by atoms with Crippen molar-refractivity contribution in [2.45, 2.75) is 39.2 Å². The minimum atomic E-state index is -0.197. The van der Waals surface area contributed by atoms with Crippen molar-refractivity contribution in [1.82, 2.24) is 14.7 Å². The van der Waals surface area contributed by atoms with Crippen molar-refractivity contribution in [3.05, 3.63) is 76.2 Å². The van der Waals surface area contributed by atoms with E-state index in [9.17, 15) is 9.59 Å². The van der Waals surface area contributed by atoms with E-state index in [-0.39, 0.29) is 18.0 Å². The fourth-order valence-corrected chi connectivity index (χ4v) is 4.23. The largest absolute Gasteiger partial charge is 0.341 e. The lowest BCUT2D eigenvalue weighted by Gasteiger charge is -2.32. The Morgan fingerprint density at radius 3 is 2.38 bits per heavy atom. The zero-order valence-corrected chi connectivity index (χ0v) is 16.9. The number of nitrogens with zero attached hydrogens (tertiary/aromatic N) is 3. The van der Waals surface area contributed by atoms with Crippen LogP contribution in [0.25, 0.3) is 10.8 Å². The Morgan fingerprint density at radius 1 is 1.00 bits per heavy atom. The van der Waals surface area contributed by atoms with Crippen LogP contribution in [0.4, 0.5) is 0 Å². The number of aryl methyl sites for hydroxylation is 2. The van der Waals surface area contributed by atoms with Gasteiger partial charge in [-0.05, 0) is 50.2 Å². The maximum Gasteiger partial charge on any atom is 0.275 e. The summed E-state index contributed by atoms with van der Waals surface area (Å²) in [7, 11) is 0. The maximum atomic E-state index is 12.8. The van der Waals surface area contributed by atoms with Crippen LogP contribution in [0.2, 0.25) is 0 Å². The van der Waals surface area contributed by atoms with Crippen molar-refractivity contribution >= 4 is 16.7 Å². The molecular formula is C24H27N3O2. The second kappa shape index (κ2) is 8.60. The van der Waals surface area contributed by atoms with Crippen LogP contribution in [0.3, 0.4) is 0 Å². The van der Waals surface area contributed by atoms with E-state index in [1.807, 2.05) is 36.1 Å². The van der Waals surface area contributed by atoms with Gasteiger partial charge in [0.25, 0.3) is 5.56 Å². The fourth-order valence-electron chi connectivity index (χ4n) is 4.23. The van der Waals surface area contributed by atoms with Gasteiger partial charge < -0.3 is 4.90 Å². The molecule has 4 rings (SSSR count). The molecule has 0 radical (unpaired) electrons. The SMILES string of the molecule is Cc1nn(CC(=O)N2CCC(CCc3ccccc3)CC2)c(=O)c2ccccc12. The van der Waals surface area contributed by atoms with Gasteiger partial charge in [0.1, 0.15) is 6.54 Å². The van der Waals surface area contributed by atoms with E-state index < -0.39 is 0 Å². The molecule has 1 amide bonds. The third kappa shape index (κ3) is 4.39. The van der Waals surface area contributed by atoms with E-state index in [2.05, 4.69) is 29.4 Å². The number of carbonyl (C=O) groups excluding carboxylic acids is 1. The van der Waals surface area contributed by atoms with Crippen LogP contribution in [0.1, 0.15) is 30.5 Å². The zero-order valence-electron chi connectivity index (χ0n) is 16.9. The number of benzene rings is 2. The molecule has 5 nitrogen and oxygen atoms in total. The minimum Gasteiger partial charge on any atom is -0.341 e. The zero-order chi connectivity index (χ0) is 20.2. The third-order valence-corrected chi connectivity index (χ3v) is 5.99. The average molecular weight is 389 g/mol. The van der Waals surface area contributed by atoms with Gasteiger partial charge in [0.2, 0.25) is 5.91 Å². The van der Waals surface area contributed by atoms with Crippen LogP contribution in [0, 0.1) is 12.8 Å². The summed E-state index contributed by atoms with van der Waals surface area (Å²) in [6, 6.07) is 18.0. The molecule has 1 aliphatic rings. The van der Waals surface area contributed by atoms with Gasteiger partial charge in [-0.25, -0.2) is 4.68 Å². The minimum absolute atomic E-state index is 0.0131. The topological polar surface area (TPSA) is 55.2 Å². The number of hydrogen-bond donors (Lipinski definition) is 0. The van der Waals surface area contributed by atoms with E-state index in [4.69, 9.17) is 0 Å². The standard InChI is InChI=1S/C24H27N3O2/c1-18-21-9-5-6-10-22(21)24(29)27(25-18)17-23(28)26-15-13-20(14-16-26)12-11-19-7-3-2-4-8-19/h2-10,20H,11-17H2,1H3. The van der Waals surface area contributed by atoms with Crippen molar-refractivity contribution in [3.63, 3.8) is 0 Å². The summed E-state index contributed by atoms with van der Waals surface area (Å²) in [5, 5.41) is 5.84. The molecule has 3 aromatic rings. The Kier molecular flexibility index (Phi) is 5.74. The number of amides is 1. The smallest absolute Gasteiger partial charge is 0.275 e. The first-order chi connectivity index (χ1) is 14.1. The lowest BCUT2D eigenvalue weighted by molar-refractivity contribution is -0.133. The molecule has 0 atom stereocenters. The summed E-state index contributed by atoms with van der Waals surface area (Å²) in [5.74, 6) is 0.638. The quantitative estimate of drug-likeness (QED) is 0.670. The number of piperidine rings is 1. The van der Waals surface area contributed by atoms with Gasteiger partial charge in [-0.1, -0.05) is 48.5 Å². The summed E-state index contributed by atoms with van der Waals surface area (Å²) in [6.45, 7) is 3.42. The van der Waals surface area contributed by atoms with Crippen molar-refractivity contribution in [3.8, 4) is 0 Å². The van der Waals surface area contributed by atoms with Crippen molar-refractivity contribution in [2.75, 3.05) is 13.1 Å². The molecule has 1 fully saturated rings. The molecule has 0 saturated carbocycles. The van der Waals surface area contributed by atoms with Crippen LogP contribution in [-0.4, -0.2) is 33.7 Å². The van der Waals surface area contributed by atoms with Crippen molar-refractivity contribution in [2.24, 2.45) is 5.92 Å². The van der Waals surface area contributed by atoms with Crippen LogP contribution < -0.4 is 5.56 Å². The first-order valence-electron chi connectivity index (χ1n) is 10.4. The summed E-state index contributed by atoms with van der Waals surface area (Å²) in [4.78, 5) is 27.4. The van der Waals surface area contributed by atoms with Gasteiger partial charge in [0.15, 0.2) is 0 Å². The van der Waals surface area contributed by atoms with E-state index in [1.54, 1.807) is 6.07 Å². The molecule has 1 aromatic heterocycles. The van der Waals surface area contributed by atoms with Crippen LogP contribution in [0.15, 0.2) is 59.4 Å². The number of aromatic nitrogens is 2. The molecule has 0 unspecified atom stereocenters. The summed E-state index contributed by atoms with van der Waals surface area (Å²) in [6.07, 6.45) is 4.31. The molecule has 0 bridgehead atoms. The lowest BCUT2D eigenvalue weighted by atomic mass is 9.90. The predicted molar refractivity (Wildman–Crippen MR) is 115 cm³/mol. The number of carbonyl (C=O) groups is 1. The van der Waals surface area contributed by atoms with E-state index >= 15 is 0 Å². The molecule has 29 heavy (non-hydrogen) atoms. The van der Waals surface area contributed by atoms with Crippen LogP contribution >= 0.6 is 0 Å². The Labute approximate surface area is 171 Å². The fraction of sp³-hybridized carbons (Fsp3) is 0.375. The average Bonchev–Trinajstić information content (AvgIpc) is 2.77. The first-order valence-corrected chi connectivity index (χ1v) is 10.4. The summed E-state index contributed by atoms with van der Waals surface area (Å²) >= 11 is 0. The van der Waals surface area contributed by atoms with E-state index in [0.29, 0.717) is 11.3 Å². The van der Waals surface area contributed by atoms with Gasteiger partial charge in [-0.3, -0.25) is 9.59 Å². The monoisotopic (exact) mass is 389 g/mol. The number of hydrogen-bond acceptors (Lipinski definition) is 3. The van der Waals surface area contributed by atoms with Crippen LogP contribution in [0.5, 0.6) is 0 Å². The molecule has 5 heteroatoms. The highest BCUT2D eigenvalue weighted by molar-refractivity contribution is 5.83. The number of likely N-dealkylation sites (tertiary alicyclic amines) is 1. The van der Waals surface area contributed by atoms with Gasteiger partial charge in [-0.15, -0.1) is 0 Å². The third-order valence-electron chi connectivity index (χ3n) is 5.99. The highest BCUT2D eigenvalue weighted by atomic mass is 16.2. The lowest BCUT2D eigenvalue weighted by Crippen LogP contribution is -2.42. The second-order valence-electron chi connectivity index (χ2n) is 7.94. The molecule has 150 valence electrons. The maximum absolute atomic E-state index is 12.8. The number of rotatable bonds is 5. The molecule has 0 N–H and O–H groups in total. The number of fused-ring (bicyclic) bond motifs is 1. The van der Waals surface area contributed by atoms with E-state index in [0.717, 1.165) is 49.9 Å². The van der Waals surface area contributed by atoms with Crippen molar-refractivity contribution in [1.29, 1.82) is 0 Å². The van der Waals surface area contributed by atoms with Gasteiger partial charge in [0, 0.05) is 18.5 Å². The Hall–Kier alpha value is -2.95. The molecule has 0 spiro atoms.